The molecule has 4 heteroatoms. The molecular weight excluding hydrogens is 492 g/mol. The molecule has 0 aliphatic rings. The van der Waals surface area contributed by atoms with E-state index in [1.54, 1.807) is 13.8 Å². The van der Waals surface area contributed by atoms with Crippen LogP contribution in [0.15, 0.2) is 109 Å². The van der Waals surface area contributed by atoms with Crippen LogP contribution in [0.1, 0.15) is 56.8 Å². The zero-order valence-corrected chi connectivity index (χ0v) is 24.1. The van der Waals surface area contributed by atoms with Crippen molar-refractivity contribution < 1.29 is 9.59 Å². The van der Waals surface area contributed by atoms with E-state index in [1.165, 1.54) is 0 Å². The highest BCUT2D eigenvalue weighted by Crippen LogP contribution is 2.30. The van der Waals surface area contributed by atoms with Crippen molar-refractivity contribution in [3.8, 4) is 0 Å². The number of carbonyl (C=O) groups is 2. The lowest BCUT2D eigenvalue weighted by Gasteiger charge is -2.15. The first-order valence-electron chi connectivity index (χ1n) is 13.3. The van der Waals surface area contributed by atoms with Gasteiger partial charge in [0.2, 0.25) is 0 Å². The molecule has 0 fully saturated rings. The Hall–Kier alpha value is -4.70. The van der Waals surface area contributed by atoms with Gasteiger partial charge in [-0.3, -0.25) is 9.59 Å². The average Bonchev–Trinajstić information content (AvgIpc) is 2.96. The summed E-state index contributed by atoms with van der Waals surface area (Å²) in [6, 6.07) is 32.5. The number of allylic oxidation sites excluding steroid dienone is 2. The molecule has 0 N–H and O–H groups in total. The highest BCUT2D eigenvalue weighted by molar-refractivity contribution is 5.96. The Bertz CT molecular complexity index is 1420. The van der Waals surface area contributed by atoms with E-state index in [0.717, 1.165) is 44.8 Å². The summed E-state index contributed by atoms with van der Waals surface area (Å²) >= 11 is 0. The number of nitrogens with zero attached hydrogens (tertiary/aromatic N) is 2. The van der Waals surface area contributed by atoms with E-state index in [0.29, 0.717) is 11.1 Å². The van der Waals surface area contributed by atoms with Crippen molar-refractivity contribution in [2.45, 2.75) is 13.8 Å². The van der Waals surface area contributed by atoms with E-state index in [9.17, 15) is 9.59 Å². The molecule has 0 aliphatic carbocycles. The number of hydrogen-bond donors (Lipinski definition) is 0. The normalized spacial score (nSPS) is 11.8. The van der Waals surface area contributed by atoms with Crippen LogP contribution in [0.25, 0.3) is 11.1 Å². The van der Waals surface area contributed by atoms with Crippen molar-refractivity contribution in [2.75, 3.05) is 38.0 Å². The quantitative estimate of drug-likeness (QED) is 0.164. The summed E-state index contributed by atoms with van der Waals surface area (Å²) in [6.45, 7) is 3.17. The summed E-state index contributed by atoms with van der Waals surface area (Å²) < 4.78 is 0. The number of carbonyl (C=O) groups excluding carboxylic acids is 2. The average molecular weight is 529 g/mol. The van der Waals surface area contributed by atoms with Crippen LogP contribution < -0.4 is 9.80 Å². The summed E-state index contributed by atoms with van der Waals surface area (Å²) in [5, 5.41) is 0. The second kappa shape index (κ2) is 12.4. The minimum absolute atomic E-state index is 0.0461. The number of benzene rings is 4. The first-order chi connectivity index (χ1) is 19.1. The zero-order chi connectivity index (χ0) is 28.8. The summed E-state index contributed by atoms with van der Waals surface area (Å²) in [7, 11) is 8.11. The lowest BCUT2D eigenvalue weighted by Crippen LogP contribution is -2.08. The van der Waals surface area contributed by atoms with Gasteiger partial charge < -0.3 is 9.80 Å². The van der Waals surface area contributed by atoms with Gasteiger partial charge in [-0.1, -0.05) is 84.9 Å². The second-order valence-electron chi connectivity index (χ2n) is 10.3. The third-order valence-corrected chi connectivity index (χ3v) is 7.01. The molecule has 0 saturated carbocycles. The number of rotatable bonds is 9. The fraction of sp³-hybridized carbons (Fsp3) is 0.167. The van der Waals surface area contributed by atoms with Crippen molar-refractivity contribution >= 4 is 34.1 Å². The SMILES string of the molecule is CC(=O)c1ccc(/C(=C\C=C(/c2ccc(C(C)=O)cc2)c2ccc(N(C)C)cc2)c2ccc(N(C)C)cc2)cc1. The standard InChI is InChI=1S/C36H36N2O2/c1-25(39)27-7-11-29(12-8-27)35(31-15-19-33(20-16-31)37(3)4)23-24-36(30-13-9-28(10-14-30)26(2)40)32-17-21-34(22-18-32)38(5)6/h7-24H,1-6H3/b35-23+,36-24+. The van der Waals surface area contributed by atoms with Gasteiger partial charge >= 0.3 is 0 Å². The van der Waals surface area contributed by atoms with Gasteiger partial charge in [-0.15, -0.1) is 0 Å². The van der Waals surface area contributed by atoms with Crippen LogP contribution in [-0.2, 0) is 0 Å². The molecule has 40 heavy (non-hydrogen) atoms. The van der Waals surface area contributed by atoms with Crippen LogP contribution in [0.2, 0.25) is 0 Å². The highest BCUT2D eigenvalue weighted by Gasteiger charge is 2.10. The Morgan fingerprint density at radius 2 is 0.650 bits per heavy atom. The first kappa shape index (κ1) is 28.3. The molecule has 4 rings (SSSR count). The van der Waals surface area contributed by atoms with Gasteiger partial charge in [0.25, 0.3) is 0 Å². The predicted octanol–water partition coefficient (Wildman–Crippen LogP) is 7.79. The fourth-order valence-corrected chi connectivity index (χ4v) is 4.53. The molecule has 0 bridgehead atoms. The van der Waals surface area contributed by atoms with Gasteiger partial charge in [0, 0.05) is 50.7 Å². The van der Waals surface area contributed by atoms with Crippen LogP contribution in [-0.4, -0.2) is 39.8 Å². The molecule has 0 amide bonds. The molecule has 0 atom stereocenters. The minimum atomic E-state index is 0.0461. The van der Waals surface area contributed by atoms with E-state index in [-0.39, 0.29) is 11.6 Å². The summed E-state index contributed by atoms with van der Waals surface area (Å²) in [4.78, 5) is 28.0. The van der Waals surface area contributed by atoms with Crippen LogP contribution in [0, 0.1) is 0 Å². The Morgan fingerprint density at radius 3 is 0.875 bits per heavy atom. The number of anilines is 2. The van der Waals surface area contributed by atoms with Gasteiger partial charge in [0.05, 0.1) is 0 Å². The van der Waals surface area contributed by atoms with Crippen molar-refractivity contribution in [3.05, 3.63) is 143 Å². The molecule has 0 saturated heterocycles. The van der Waals surface area contributed by atoms with E-state index in [4.69, 9.17) is 0 Å². The van der Waals surface area contributed by atoms with Gasteiger partial charge in [-0.25, -0.2) is 0 Å². The van der Waals surface area contributed by atoms with E-state index < -0.39 is 0 Å². The van der Waals surface area contributed by atoms with Crippen LogP contribution in [0.4, 0.5) is 11.4 Å². The van der Waals surface area contributed by atoms with Gasteiger partial charge in [0.1, 0.15) is 0 Å². The third-order valence-electron chi connectivity index (χ3n) is 7.01. The maximum atomic E-state index is 11.9. The lowest BCUT2D eigenvalue weighted by atomic mass is 9.92. The molecule has 0 heterocycles. The van der Waals surface area contributed by atoms with Gasteiger partial charge in [-0.2, -0.15) is 0 Å². The molecule has 4 aromatic carbocycles. The predicted molar refractivity (Wildman–Crippen MR) is 169 cm³/mol. The Kier molecular flexibility index (Phi) is 8.80. The molecule has 0 aromatic heterocycles. The molecule has 0 spiro atoms. The lowest BCUT2D eigenvalue weighted by molar-refractivity contribution is 0.100. The molecule has 0 radical (unpaired) electrons. The number of ketones is 2. The first-order valence-corrected chi connectivity index (χ1v) is 13.3. The van der Waals surface area contributed by atoms with Crippen molar-refractivity contribution in [2.24, 2.45) is 0 Å². The smallest absolute Gasteiger partial charge is 0.159 e. The Balaban J connectivity index is 1.88. The van der Waals surface area contributed by atoms with Crippen LogP contribution >= 0.6 is 0 Å². The third kappa shape index (κ3) is 6.65. The highest BCUT2D eigenvalue weighted by atomic mass is 16.1. The maximum absolute atomic E-state index is 11.9. The van der Waals surface area contributed by atoms with Crippen molar-refractivity contribution in [3.63, 3.8) is 0 Å². The molecular formula is C36H36N2O2. The van der Waals surface area contributed by atoms with Gasteiger partial charge in [0.15, 0.2) is 11.6 Å². The Morgan fingerprint density at radius 1 is 0.425 bits per heavy atom. The van der Waals surface area contributed by atoms with E-state index >= 15 is 0 Å². The Labute approximate surface area is 237 Å². The van der Waals surface area contributed by atoms with E-state index in [1.807, 2.05) is 76.7 Å². The maximum Gasteiger partial charge on any atom is 0.159 e. The number of Topliss-reactive ketones (excluding diaryl/α,β-unsaturated/α-hetero) is 2. The van der Waals surface area contributed by atoms with E-state index in [2.05, 4.69) is 70.5 Å². The van der Waals surface area contributed by atoms with Crippen LogP contribution in [0.5, 0.6) is 0 Å². The summed E-state index contributed by atoms with van der Waals surface area (Å²) in [5.41, 5.74) is 9.91. The van der Waals surface area contributed by atoms with Crippen LogP contribution in [0.3, 0.4) is 0 Å². The zero-order valence-electron chi connectivity index (χ0n) is 24.1. The number of hydrogen-bond acceptors (Lipinski definition) is 4. The summed E-state index contributed by atoms with van der Waals surface area (Å²) in [6.07, 6.45) is 4.28. The topological polar surface area (TPSA) is 40.6 Å². The molecule has 0 unspecified atom stereocenters. The molecule has 0 aliphatic heterocycles. The summed E-state index contributed by atoms with van der Waals surface area (Å²) in [5.74, 6) is 0.0922. The monoisotopic (exact) mass is 528 g/mol. The molecule has 202 valence electrons. The minimum Gasteiger partial charge on any atom is -0.378 e. The van der Waals surface area contributed by atoms with Crippen molar-refractivity contribution in [1.82, 2.24) is 0 Å². The molecule has 4 aromatic rings. The van der Waals surface area contributed by atoms with Gasteiger partial charge in [-0.05, 0) is 71.5 Å². The van der Waals surface area contributed by atoms with Crippen molar-refractivity contribution in [1.29, 1.82) is 0 Å². The second-order valence-corrected chi connectivity index (χ2v) is 10.3. The fourth-order valence-electron chi connectivity index (χ4n) is 4.53. The molecule has 4 nitrogen and oxygen atoms in total. The largest absolute Gasteiger partial charge is 0.378 e.